The molecular weight excluding hydrogens is 178 g/mol. The second-order valence-corrected chi connectivity index (χ2v) is 3.12. The zero-order valence-electron chi connectivity index (χ0n) is 8.09. The summed E-state index contributed by atoms with van der Waals surface area (Å²) in [6, 6.07) is 1.94. The molecule has 0 spiro atoms. The first-order valence-electron chi connectivity index (χ1n) is 4.52. The second-order valence-electron chi connectivity index (χ2n) is 3.12. The van der Waals surface area contributed by atoms with Crippen LogP contribution in [0.4, 0.5) is 5.82 Å². The Balaban J connectivity index is 2.45. The number of fused-ring (bicyclic) bond motifs is 1. The molecule has 0 saturated heterocycles. The van der Waals surface area contributed by atoms with E-state index in [2.05, 4.69) is 10.1 Å². The van der Waals surface area contributed by atoms with Gasteiger partial charge in [-0.2, -0.15) is 5.10 Å². The lowest BCUT2D eigenvalue weighted by molar-refractivity contribution is 0.857. The van der Waals surface area contributed by atoms with Crippen LogP contribution < -0.4 is 10.6 Å². The van der Waals surface area contributed by atoms with Crippen LogP contribution in [0.15, 0.2) is 24.7 Å². The SMILES string of the molecule is CN(CCN)c1nccn2nccc12. The van der Waals surface area contributed by atoms with Crippen LogP contribution in [0.3, 0.4) is 0 Å². The van der Waals surface area contributed by atoms with Crippen molar-refractivity contribution in [2.75, 3.05) is 25.0 Å². The van der Waals surface area contributed by atoms with E-state index < -0.39 is 0 Å². The molecule has 0 unspecified atom stereocenters. The molecule has 14 heavy (non-hydrogen) atoms. The summed E-state index contributed by atoms with van der Waals surface area (Å²) >= 11 is 0. The molecule has 0 aliphatic heterocycles. The lowest BCUT2D eigenvalue weighted by Crippen LogP contribution is -2.26. The fourth-order valence-electron chi connectivity index (χ4n) is 1.44. The van der Waals surface area contributed by atoms with Crippen molar-refractivity contribution >= 4 is 11.3 Å². The summed E-state index contributed by atoms with van der Waals surface area (Å²) in [4.78, 5) is 6.33. The molecule has 5 nitrogen and oxygen atoms in total. The van der Waals surface area contributed by atoms with E-state index in [0.717, 1.165) is 17.9 Å². The molecule has 0 bridgehead atoms. The molecule has 0 fully saturated rings. The van der Waals surface area contributed by atoms with Gasteiger partial charge in [-0.15, -0.1) is 0 Å². The summed E-state index contributed by atoms with van der Waals surface area (Å²) < 4.78 is 1.80. The Morgan fingerprint density at radius 2 is 2.36 bits per heavy atom. The summed E-state index contributed by atoms with van der Waals surface area (Å²) in [6.07, 6.45) is 5.33. The maximum atomic E-state index is 5.49. The van der Waals surface area contributed by atoms with E-state index in [1.54, 1.807) is 16.9 Å². The van der Waals surface area contributed by atoms with Crippen LogP contribution in [0.25, 0.3) is 5.52 Å². The van der Waals surface area contributed by atoms with Gasteiger partial charge in [0.1, 0.15) is 5.52 Å². The third-order valence-corrected chi connectivity index (χ3v) is 2.13. The van der Waals surface area contributed by atoms with Crippen molar-refractivity contribution in [1.82, 2.24) is 14.6 Å². The molecule has 0 aromatic carbocycles. The van der Waals surface area contributed by atoms with Crippen molar-refractivity contribution in [3.63, 3.8) is 0 Å². The van der Waals surface area contributed by atoms with Crippen molar-refractivity contribution in [3.05, 3.63) is 24.7 Å². The molecular formula is C9H13N5. The van der Waals surface area contributed by atoms with Crippen molar-refractivity contribution in [2.24, 2.45) is 5.73 Å². The quantitative estimate of drug-likeness (QED) is 0.748. The summed E-state index contributed by atoms with van der Waals surface area (Å²) in [7, 11) is 1.97. The Labute approximate surface area is 82.2 Å². The number of likely N-dealkylation sites (N-methyl/N-ethyl adjacent to an activating group) is 1. The van der Waals surface area contributed by atoms with Gasteiger partial charge in [0.05, 0.1) is 6.20 Å². The van der Waals surface area contributed by atoms with E-state index in [9.17, 15) is 0 Å². The fraction of sp³-hybridized carbons (Fsp3) is 0.333. The van der Waals surface area contributed by atoms with Crippen LogP contribution in [0.1, 0.15) is 0 Å². The van der Waals surface area contributed by atoms with E-state index >= 15 is 0 Å². The van der Waals surface area contributed by atoms with Gasteiger partial charge in [0.25, 0.3) is 0 Å². The highest BCUT2D eigenvalue weighted by atomic mass is 15.3. The molecule has 0 saturated carbocycles. The van der Waals surface area contributed by atoms with Gasteiger partial charge < -0.3 is 10.6 Å². The monoisotopic (exact) mass is 191 g/mol. The van der Waals surface area contributed by atoms with E-state index in [-0.39, 0.29) is 0 Å². The van der Waals surface area contributed by atoms with Gasteiger partial charge in [0.15, 0.2) is 5.82 Å². The van der Waals surface area contributed by atoms with E-state index in [0.29, 0.717) is 6.54 Å². The molecule has 74 valence electrons. The minimum Gasteiger partial charge on any atom is -0.357 e. The molecule has 2 aromatic rings. The zero-order valence-corrected chi connectivity index (χ0v) is 8.09. The van der Waals surface area contributed by atoms with Gasteiger partial charge in [-0.25, -0.2) is 9.50 Å². The first-order valence-corrected chi connectivity index (χ1v) is 4.52. The van der Waals surface area contributed by atoms with Gasteiger partial charge >= 0.3 is 0 Å². The van der Waals surface area contributed by atoms with Crippen molar-refractivity contribution in [3.8, 4) is 0 Å². The second kappa shape index (κ2) is 3.63. The Kier molecular flexibility index (Phi) is 2.32. The Morgan fingerprint density at radius 3 is 3.14 bits per heavy atom. The van der Waals surface area contributed by atoms with Crippen LogP contribution in [0.2, 0.25) is 0 Å². The molecule has 2 N–H and O–H groups in total. The highest BCUT2D eigenvalue weighted by Crippen LogP contribution is 2.15. The predicted octanol–water partition coefficient (Wildman–Crippen LogP) is 0.124. The summed E-state index contributed by atoms with van der Waals surface area (Å²) in [5, 5.41) is 4.14. The normalized spacial score (nSPS) is 10.7. The smallest absolute Gasteiger partial charge is 0.154 e. The van der Waals surface area contributed by atoms with Gasteiger partial charge in [-0.05, 0) is 6.07 Å². The molecule has 0 atom stereocenters. The van der Waals surface area contributed by atoms with Crippen LogP contribution in [0.5, 0.6) is 0 Å². The zero-order chi connectivity index (χ0) is 9.97. The number of hydrogen-bond acceptors (Lipinski definition) is 4. The fourth-order valence-corrected chi connectivity index (χ4v) is 1.44. The third kappa shape index (κ3) is 1.42. The summed E-state index contributed by atoms with van der Waals surface area (Å²) in [5.41, 5.74) is 6.50. The number of rotatable bonds is 3. The maximum absolute atomic E-state index is 5.49. The van der Waals surface area contributed by atoms with Crippen molar-refractivity contribution < 1.29 is 0 Å². The Morgan fingerprint density at radius 1 is 1.50 bits per heavy atom. The molecule has 5 heteroatoms. The number of nitrogens with zero attached hydrogens (tertiary/aromatic N) is 4. The standard InChI is InChI=1S/C9H13N5/c1-13(6-3-10)9-8-2-4-12-14(8)7-5-11-9/h2,4-5,7H,3,6,10H2,1H3. The largest absolute Gasteiger partial charge is 0.357 e. The number of nitrogens with two attached hydrogens (primary N) is 1. The highest BCUT2D eigenvalue weighted by Gasteiger charge is 2.06. The van der Waals surface area contributed by atoms with Gasteiger partial charge in [0.2, 0.25) is 0 Å². The number of anilines is 1. The van der Waals surface area contributed by atoms with Crippen LogP contribution in [0, 0.1) is 0 Å². The van der Waals surface area contributed by atoms with E-state index in [1.165, 1.54) is 0 Å². The molecule has 2 rings (SSSR count). The van der Waals surface area contributed by atoms with E-state index in [4.69, 9.17) is 5.73 Å². The van der Waals surface area contributed by atoms with Crippen molar-refractivity contribution in [2.45, 2.75) is 0 Å². The number of hydrogen-bond donors (Lipinski definition) is 1. The van der Waals surface area contributed by atoms with Crippen LogP contribution >= 0.6 is 0 Å². The first-order chi connectivity index (χ1) is 6.83. The summed E-state index contributed by atoms with van der Waals surface area (Å²) in [5.74, 6) is 0.912. The highest BCUT2D eigenvalue weighted by molar-refractivity contribution is 5.67. The maximum Gasteiger partial charge on any atom is 0.154 e. The number of aromatic nitrogens is 3. The van der Waals surface area contributed by atoms with Gasteiger partial charge in [-0.1, -0.05) is 0 Å². The molecule has 0 radical (unpaired) electrons. The lowest BCUT2D eigenvalue weighted by atomic mass is 10.4. The Bertz CT molecular complexity index is 422. The topological polar surface area (TPSA) is 59.5 Å². The van der Waals surface area contributed by atoms with Crippen LogP contribution in [-0.2, 0) is 0 Å². The molecule has 0 aliphatic carbocycles. The lowest BCUT2D eigenvalue weighted by Gasteiger charge is -2.17. The Hall–Kier alpha value is -1.62. The minimum absolute atomic E-state index is 0.618. The average molecular weight is 191 g/mol. The third-order valence-electron chi connectivity index (χ3n) is 2.13. The molecule has 0 aliphatic rings. The average Bonchev–Trinajstić information content (AvgIpc) is 2.65. The molecule has 2 heterocycles. The summed E-state index contributed by atoms with van der Waals surface area (Å²) in [6.45, 7) is 1.41. The van der Waals surface area contributed by atoms with E-state index in [1.807, 2.05) is 24.2 Å². The van der Waals surface area contributed by atoms with Gasteiger partial charge in [-0.3, -0.25) is 0 Å². The minimum atomic E-state index is 0.618. The molecule has 0 amide bonds. The van der Waals surface area contributed by atoms with Crippen LogP contribution in [-0.4, -0.2) is 34.7 Å². The molecule has 2 aromatic heterocycles. The van der Waals surface area contributed by atoms with Crippen molar-refractivity contribution in [1.29, 1.82) is 0 Å². The first kappa shape index (κ1) is 8.96. The predicted molar refractivity (Wildman–Crippen MR) is 55.3 cm³/mol. The van der Waals surface area contributed by atoms with Gasteiger partial charge in [0, 0.05) is 32.5 Å².